The number of nitrogens with one attached hydrogen (secondary N) is 1. The minimum absolute atomic E-state index is 0.227. The normalized spacial score (nSPS) is 22.9. The third-order valence-electron chi connectivity index (χ3n) is 4.20. The van der Waals surface area contributed by atoms with E-state index in [4.69, 9.17) is 11.6 Å². The summed E-state index contributed by atoms with van der Waals surface area (Å²) in [5, 5.41) is 3.68. The molecule has 0 radical (unpaired) electrons. The zero-order valence-corrected chi connectivity index (χ0v) is 13.5. The topological polar surface area (TPSA) is 49.4 Å². The number of rotatable bonds is 6. The Balaban J connectivity index is 1.84. The number of sulfonamides is 1. The van der Waals surface area contributed by atoms with Gasteiger partial charge in [0.15, 0.2) is 0 Å². The molecule has 1 aliphatic carbocycles. The number of benzene rings is 1. The van der Waals surface area contributed by atoms with Gasteiger partial charge in [-0.05, 0) is 50.3 Å². The van der Waals surface area contributed by atoms with E-state index in [1.165, 1.54) is 0 Å². The average Bonchev–Trinajstić information content (AvgIpc) is 3.12. The van der Waals surface area contributed by atoms with Crippen LogP contribution in [0, 0.1) is 5.92 Å². The molecule has 1 aromatic carbocycles. The molecule has 1 saturated carbocycles. The van der Waals surface area contributed by atoms with Crippen LogP contribution in [-0.4, -0.2) is 38.4 Å². The van der Waals surface area contributed by atoms with E-state index >= 15 is 0 Å². The smallest absolute Gasteiger partial charge is 0.244 e. The fraction of sp³-hybridized carbons (Fsp3) is 0.600. The van der Waals surface area contributed by atoms with Gasteiger partial charge in [-0.25, -0.2) is 8.42 Å². The van der Waals surface area contributed by atoms with Gasteiger partial charge >= 0.3 is 0 Å². The summed E-state index contributed by atoms with van der Waals surface area (Å²) in [6.45, 7) is 2.14. The first-order valence-corrected chi connectivity index (χ1v) is 9.37. The third kappa shape index (κ3) is 3.59. The molecule has 1 atom stereocenters. The van der Waals surface area contributed by atoms with Crippen molar-refractivity contribution in [1.82, 2.24) is 9.62 Å². The van der Waals surface area contributed by atoms with Gasteiger partial charge in [0.25, 0.3) is 0 Å². The Morgan fingerprint density at radius 2 is 1.95 bits per heavy atom. The van der Waals surface area contributed by atoms with Crippen molar-refractivity contribution in [3.05, 3.63) is 29.3 Å². The molecule has 2 aliphatic rings. The first kappa shape index (κ1) is 15.3. The van der Waals surface area contributed by atoms with E-state index in [9.17, 15) is 8.42 Å². The van der Waals surface area contributed by atoms with Crippen molar-refractivity contribution < 1.29 is 8.42 Å². The molecule has 1 N–H and O–H groups in total. The van der Waals surface area contributed by atoms with E-state index in [1.54, 1.807) is 28.6 Å². The van der Waals surface area contributed by atoms with Crippen LogP contribution in [-0.2, 0) is 10.0 Å². The lowest BCUT2D eigenvalue weighted by Crippen LogP contribution is -2.42. The summed E-state index contributed by atoms with van der Waals surface area (Å²) < 4.78 is 27.5. The van der Waals surface area contributed by atoms with Gasteiger partial charge < -0.3 is 5.32 Å². The Kier molecular flexibility index (Phi) is 4.54. The van der Waals surface area contributed by atoms with Crippen LogP contribution in [0.5, 0.6) is 0 Å². The highest BCUT2D eigenvalue weighted by atomic mass is 35.5. The van der Waals surface area contributed by atoms with E-state index in [2.05, 4.69) is 5.32 Å². The number of nitrogens with zero attached hydrogens (tertiary/aromatic N) is 1. The molecule has 116 valence electrons. The Morgan fingerprint density at radius 3 is 2.57 bits per heavy atom. The fourth-order valence-electron chi connectivity index (χ4n) is 2.81. The van der Waals surface area contributed by atoms with E-state index in [0.717, 1.165) is 32.2 Å². The summed E-state index contributed by atoms with van der Waals surface area (Å²) in [4.78, 5) is 0.227. The molecule has 2 fully saturated rings. The maximum atomic E-state index is 12.9. The van der Waals surface area contributed by atoms with Crippen LogP contribution >= 0.6 is 11.6 Å². The molecule has 0 aromatic heterocycles. The molecule has 0 spiro atoms. The second-order valence-electron chi connectivity index (χ2n) is 5.99. The van der Waals surface area contributed by atoms with Crippen molar-refractivity contribution in [2.45, 2.75) is 36.6 Å². The molecule has 0 amide bonds. The molecule has 1 aliphatic heterocycles. The Labute approximate surface area is 131 Å². The summed E-state index contributed by atoms with van der Waals surface area (Å²) in [6.07, 6.45) is 4.42. The SMILES string of the molecule is O=S(=O)(c1ccccc1Cl)N(CC1CC1)CC1CCCN1. The fourth-order valence-corrected chi connectivity index (χ4v) is 4.87. The predicted octanol–water partition coefficient (Wildman–Crippen LogP) is 2.49. The van der Waals surface area contributed by atoms with Crippen LogP contribution in [0.1, 0.15) is 25.7 Å². The van der Waals surface area contributed by atoms with Crippen LogP contribution in [0.15, 0.2) is 29.2 Å². The standard InChI is InChI=1S/C15H21ClN2O2S/c16-14-5-1-2-6-15(14)21(19,20)18(10-12-7-8-12)11-13-4-3-9-17-13/h1-2,5-6,12-13,17H,3-4,7-11H2. The van der Waals surface area contributed by atoms with Crippen molar-refractivity contribution in [2.75, 3.05) is 19.6 Å². The van der Waals surface area contributed by atoms with Gasteiger partial charge in [-0.1, -0.05) is 23.7 Å². The first-order valence-electron chi connectivity index (χ1n) is 7.55. The second kappa shape index (κ2) is 6.24. The molecule has 1 saturated heterocycles. The van der Waals surface area contributed by atoms with Crippen LogP contribution in [0.25, 0.3) is 0 Å². The van der Waals surface area contributed by atoms with Crippen LogP contribution in [0.2, 0.25) is 5.02 Å². The second-order valence-corrected chi connectivity index (χ2v) is 8.30. The summed E-state index contributed by atoms with van der Waals surface area (Å²) >= 11 is 6.10. The van der Waals surface area contributed by atoms with Gasteiger partial charge in [0.2, 0.25) is 10.0 Å². The van der Waals surface area contributed by atoms with Gasteiger partial charge in [0.05, 0.1) is 5.02 Å². The van der Waals surface area contributed by atoms with Crippen molar-refractivity contribution in [3.8, 4) is 0 Å². The van der Waals surface area contributed by atoms with Crippen molar-refractivity contribution in [2.24, 2.45) is 5.92 Å². The van der Waals surface area contributed by atoms with Gasteiger partial charge in [-0.2, -0.15) is 4.31 Å². The molecule has 21 heavy (non-hydrogen) atoms. The van der Waals surface area contributed by atoms with Gasteiger partial charge in [-0.3, -0.25) is 0 Å². The molecule has 1 aromatic rings. The molecule has 1 unspecified atom stereocenters. The summed E-state index contributed by atoms with van der Waals surface area (Å²) in [7, 11) is -3.51. The summed E-state index contributed by atoms with van der Waals surface area (Å²) in [5.41, 5.74) is 0. The van der Waals surface area contributed by atoms with Crippen molar-refractivity contribution >= 4 is 21.6 Å². The molecule has 0 bridgehead atoms. The number of hydrogen-bond donors (Lipinski definition) is 1. The quantitative estimate of drug-likeness (QED) is 0.873. The Morgan fingerprint density at radius 1 is 1.19 bits per heavy atom. The molecule has 6 heteroatoms. The lowest BCUT2D eigenvalue weighted by molar-refractivity contribution is 0.358. The van der Waals surface area contributed by atoms with Crippen LogP contribution in [0.3, 0.4) is 0 Å². The third-order valence-corrected chi connectivity index (χ3v) is 6.53. The van der Waals surface area contributed by atoms with Crippen LogP contribution in [0.4, 0.5) is 0 Å². The maximum Gasteiger partial charge on any atom is 0.244 e. The van der Waals surface area contributed by atoms with Crippen molar-refractivity contribution in [3.63, 3.8) is 0 Å². The van der Waals surface area contributed by atoms with Gasteiger partial charge in [-0.15, -0.1) is 0 Å². The van der Waals surface area contributed by atoms with Crippen LogP contribution < -0.4 is 5.32 Å². The highest BCUT2D eigenvalue weighted by Gasteiger charge is 2.34. The average molecular weight is 329 g/mol. The predicted molar refractivity (Wildman–Crippen MR) is 84.0 cm³/mol. The lowest BCUT2D eigenvalue weighted by Gasteiger charge is -2.25. The molecule has 4 nitrogen and oxygen atoms in total. The molecule has 3 rings (SSSR count). The lowest BCUT2D eigenvalue weighted by atomic mass is 10.2. The zero-order chi connectivity index (χ0) is 14.9. The Hall–Kier alpha value is -0.620. The van der Waals surface area contributed by atoms with E-state index < -0.39 is 10.0 Å². The number of hydrogen-bond acceptors (Lipinski definition) is 3. The first-order chi connectivity index (χ1) is 10.1. The number of halogens is 1. The summed E-state index contributed by atoms with van der Waals surface area (Å²) in [6, 6.07) is 6.98. The highest BCUT2D eigenvalue weighted by Crippen LogP contribution is 2.33. The zero-order valence-electron chi connectivity index (χ0n) is 12.0. The monoisotopic (exact) mass is 328 g/mol. The van der Waals surface area contributed by atoms with Gasteiger partial charge in [0.1, 0.15) is 4.90 Å². The van der Waals surface area contributed by atoms with E-state index in [-0.39, 0.29) is 10.9 Å². The molecular weight excluding hydrogens is 308 g/mol. The van der Waals surface area contributed by atoms with E-state index in [1.807, 2.05) is 0 Å². The highest BCUT2D eigenvalue weighted by molar-refractivity contribution is 7.89. The van der Waals surface area contributed by atoms with Gasteiger partial charge in [0, 0.05) is 19.1 Å². The largest absolute Gasteiger partial charge is 0.313 e. The maximum absolute atomic E-state index is 12.9. The molecular formula is C15H21ClN2O2S. The Bertz CT molecular complexity index is 595. The minimum Gasteiger partial charge on any atom is -0.313 e. The van der Waals surface area contributed by atoms with E-state index in [0.29, 0.717) is 24.0 Å². The minimum atomic E-state index is -3.51. The molecule has 1 heterocycles. The summed E-state index contributed by atoms with van der Waals surface area (Å²) in [5.74, 6) is 0.517. The van der Waals surface area contributed by atoms with Crippen molar-refractivity contribution in [1.29, 1.82) is 0 Å².